The Bertz CT molecular complexity index is 1010. The van der Waals surface area contributed by atoms with Crippen molar-refractivity contribution in [3.63, 3.8) is 0 Å². The van der Waals surface area contributed by atoms with E-state index in [0.29, 0.717) is 29.2 Å². The highest BCUT2D eigenvalue weighted by Crippen LogP contribution is 2.29. The van der Waals surface area contributed by atoms with Crippen LogP contribution in [0.1, 0.15) is 21.5 Å². The molecule has 0 saturated heterocycles. The van der Waals surface area contributed by atoms with Crippen LogP contribution in [0.15, 0.2) is 72.8 Å². The zero-order valence-electron chi connectivity index (χ0n) is 15.8. The van der Waals surface area contributed by atoms with Gasteiger partial charge < -0.3 is 14.8 Å². The van der Waals surface area contributed by atoms with Crippen LogP contribution >= 0.6 is 0 Å². The Hall–Kier alpha value is -3.87. The van der Waals surface area contributed by atoms with Crippen LogP contribution in [0, 0.1) is 10.1 Å². The first-order valence-electron chi connectivity index (χ1n) is 8.93. The molecule has 0 spiro atoms. The molecular weight excluding hydrogens is 372 g/mol. The van der Waals surface area contributed by atoms with E-state index in [1.807, 2.05) is 30.3 Å². The molecule has 1 N–H and O–H groups in total. The Kier molecular flexibility index (Phi) is 6.42. The average molecular weight is 392 g/mol. The summed E-state index contributed by atoms with van der Waals surface area (Å²) < 4.78 is 11.1. The molecule has 1 amide bonds. The molecule has 29 heavy (non-hydrogen) atoms. The molecular formula is C22H20N2O5. The molecule has 148 valence electrons. The fourth-order valence-electron chi connectivity index (χ4n) is 2.73. The second-order valence-electron chi connectivity index (χ2n) is 6.25. The van der Waals surface area contributed by atoms with Crippen molar-refractivity contribution >= 4 is 11.6 Å². The maximum atomic E-state index is 12.5. The van der Waals surface area contributed by atoms with Gasteiger partial charge in [0.15, 0.2) is 11.5 Å². The van der Waals surface area contributed by atoms with Gasteiger partial charge in [0.05, 0.1) is 12.0 Å². The molecule has 0 radical (unpaired) electrons. The lowest BCUT2D eigenvalue weighted by Gasteiger charge is -2.12. The smallest absolute Gasteiger partial charge is 0.269 e. The highest BCUT2D eigenvalue weighted by molar-refractivity contribution is 5.94. The summed E-state index contributed by atoms with van der Waals surface area (Å²) in [4.78, 5) is 22.8. The number of ether oxygens (including phenoxy) is 2. The molecule has 0 aliphatic rings. The predicted octanol–water partition coefficient (Wildman–Crippen LogP) is 4.11. The lowest BCUT2D eigenvalue weighted by Crippen LogP contribution is -2.22. The summed E-state index contributed by atoms with van der Waals surface area (Å²) in [5, 5.41) is 13.6. The lowest BCUT2D eigenvalue weighted by molar-refractivity contribution is -0.384. The normalized spacial score (nSPS) is 10.2. The Balaban J connectivity index is 1.64. The minimum absolute atomic E-state index is 0.0154. The third-order valence-electron chi connectivity index (χ3n) is 4.24. The van der Waals surface area contributed by atoms with Crippen LogP contribution in [0.3, 0.4) is 0 Å². The molecule has 0 unspecified atom stereocenters. The monoisotopic (exact) mass is 392 g/mol. The Morgan fingerprint density at radius 1 is 0.966 bits per heavy atom. The van der Waals surface area contributed by atoms with Crippen LogP contribution in [-0.2, 0) is 13.2 Å². The summed E-state index contributed by atoms with van der Waals surface area (Å²) in [6, 6.07) is 20.8. The van der Waals surface area contributed by atoms with E-state index < -0.39 is 4.92 Å². The maximum absolute atomic E-state index is 12.5. The van der Waals surface area contributed by atoms with E-state index in [-0.39, 0.29) is 18.1 Å². The Labute approximate surface area is 168 Å². The van der Waals surface area contributed by atoms with Gasteiger partial charge in [-0.05, 0) is 29.3 Å². The zero-order valence-corrected chi connectivity index (χ0v) is 15.8. The molecule has 0 bridgehead atoms. The van der Waals surface area contributed by atoms with Gasteiger partial charge in [-0.25, -0.2) is 0 Å². The van der Waals surface area contributed by atoms with Crippen molar-refractivity contribution in [2.75, 3.05) is 7.11 Å². The van der Waals surface area contributed by atoms with Crippen molar-refractivity contribution in [1.82, 2.24) is 5.32 Å². The predicted molar refractivity (Wildman–Crippen MR) is 108 cm³/mol. The minimum Gasteiger partial charge on any atom is -0.493 e. The number of benzene rings is 3. The highest BCUT2D eigenvalue weighted by Gasteiger charge is 2.12. The number of nitro benzene ring substituents is 1. The van der Waals surface area contributed by atoms with E-state index >= 15 is 0 Å². The number of carbonyl (C=O) groups excluding carboxylic acids is 1. The first-order chi connectivity index (χ1) is 14.1. The maximum Gasteiger partial charge on any atom is 0.269 e. The number of nitrogens with one attached hydrogen (secondary N) is 1. The van der Waals surface area contributed by atoms with Gasteiger partial charge in [-0.15, -0.1) is 0 Å². The zero-order chi connectivity index (χ0) is 20.6. The second-order valence-corrected chi connectivity index (χ2v) is 6.25. The van der Waals surface area contributed by atoms with Gasteiger partial charge in [0.25, 0.3) is 11.6 Å². The fraction of sp³-hybridized carbons (Fsp3) is 0.136. The Morgan fingerprint density at radius 2 is 1.72 bits per heavy atom. The van der Waals surface area contributed by atoms with Crippen LogP contribution in [0.4, 0.5) is 5.69 Å². The van der Waals surface area contributed by atoms with Gasteiger partial charge in [0.2, 0.25) is 0 Å². The highest BCUT2D eigenvalue weighted by atomic mass is 16.6. The molecule has 0 aliphatic carbocycles. The Morgan fingerprint density at radius 3 is 2.45 bits per heavy atom. The molecule has 7 nitrogen and oxygen atoms in total. The van der Waals surface area contributed by atoms with Gasteiger partial charge in [0.1, 0.15) is 6.61 Å². The third kappa shape index (κ3) is 5.32. The van der Waals surface area contributed by atoms with Gasteiger partial charge in [-0.1, -0.05) is 42.5 Å². The summed E-state index contributed by atoms with van der Waals surface area (Å²) >= 11 is 0. The van der Waals surface area contributed by atoms with Crippen molar-refractivity contribution in [1.29, 1.82) is 0 Å². The van der Waals surface area contributed by atoms with Crippen LogP contribution in [0.2, 0.25) is 0 Å². The molecule has 0 aliphatic heterocycles. The van der Waals surface area contributed by atoms with E-state index in [9.17, 15) is 14.9 Å². The molecule has 0 saturated carbocycles. The summed E-state index contributed by atoms with van der Waals surface area (Å²) in [6.07, 6.45) is 0. The van der Waals surface area contributed by atoms with Crippen LogP contribution in [0.5, 0.6) is 11.5 Å². The molecule has 3 aromatic carbocycles. The van der Waals surface area contributed by atoms with Gasteiger partial charge >= 0.3 is 0 Å². The first kappa shape index (κ1) is 19.9. The summed E-state index contributed by atoms with van der Waals surface area (Å²) in [7, 11) is 1.51. The lowest BCUT2D eigenvalue weighted by atomic mass is 10.1. The number of nitro groups is 1. The summed E-state index contributed by atoms with van der Waals surface area (Å²) in [6.45, 7) is 0.560. The van der Waals surface area contributed by atoms with Gasteiger partial charge in [-0.2, -0.15) is 0 Å². The number of non-ortho nitro benzene ring substituents is 1. The molecule has 0 aromatic heterocycles. The van der Waals surface area contributed by atoms with E-state index in [2.05, 4.69) is 5.32 Å². The number of amides is 1. The molecule has 0 atom stereocenters. The van der Waals surface area contributed by atoms with Crippen molar-refractivity contribution in [3.8, 4) is 11.5 Å². The van der Waals surface area contributed by atoms with Crippen molar-refractivity contribution < 1.29 is 19.2 Å². The summed E-state index contributed by atoms with van der Waals surface area (Å²) in [5.41, 5.74) is 2.05. The van der Waals surface area contributed by atoms with Crippen LogP contribution < -0.4 is 14.8 Å². The fourth-order valence-corrected chi connectivity index (χ4v) is 2.73. The molecule has 0 heterocycles. The topological polar surface area (TPSA) is 90.7 Å². The number of rotatable bonds is 8. The molecule has 3 aromatic rings. The van der Waals surface area contributed by atoms with Crippen LogP contribution in [0.25, 0.3) is 0 Å². The second kappa shape index (κ2) is 9.36. The van der Waals surface area contributed by atoms with E-state index in [1.165, 1.54) is 19.2 Å². The van der Waals surface area contributed by atoms with Crippen molar-refractivity contribution in [2.45, 2.75) is 13.2 Å². The van der Waals surface area contributed by atoms with E-state index in [4.69, 9.17) is 9.47 Å². The number of carbonyl (C=O) groups is 1. The molecule has 3 rings (SSSR count). The van der Waals surface area contributed by atoms with E-state index in [1.54, 1.807) is 30.3 Å². The SMILES string of the molecule is COc1cc(C(=O)NCc2cccc([N+](=O)[O-])c2)ccc1OCc1ccccc1. The molecule has 0 fully saturated rings. The van der Waals surface area contributed by atoms with Crippen molar-refractivity contribution in [3.05, 3.63) is 99.6 Å². The minimum atomic E-state index is -0.468. The quantitative estimate of drug-likeness (QED) is 0.460. The standard InChI is InChI=1S/C22H20N2O5/c1-28-21-13-18(10-11-20(21)29-15-16-6-3-2-4-7-16)22(25)23-14-17-8-5-9-19(12-17)24(26)27/h2-13H,14-15H2,1H3,(H,23,25). The number of nitrogens with zero attached hydrogens (tertiary/aromatic N) is 1. The third-order valence-corrected chi connectivity index (χ3v) is 4.24. The van der Waals surface area contributed by atoms with Gasteiger partial charge in [0, 0.05) is 24.2 Å². The van der Waals surface area contributed by atoms with E-state index in [0.717, 1.165) is 5.56 Å². The van der Waals surface area contributed by atoms with Crippen LogP contribution in [-0.4, -0.2) is 17.9 Å². The number of hydrogen-bond acceptors (Lipinski definition) is 5. The number of hydrogen-bond donors (Lipinski definition) is 1. The van der Waals surface area contributed by atoms with Gasteiger partial charge in [-0.3, -0.25) is 14.9 Å². The largest absolute Gasteiger partial charge is 0.493 e. The number of methoxy groups -OCH3 is 1. The average Bonchev–Trinajstić information content (AvgIpc) is 2.76. The van der Waals surface area contributed by atoms with Crippen molar-refractivity contribution in [2.24, 2.45) is 0 Å². The molecule has 7 heteroatoms. The first-order valence-corrected chi connectivity index (χ1v) is 8.93. The summed E-state index contributed by atoms with van der Waals surface area (Å²) in [5.74, 6) is 0.667.